The van der Waals surface area contributed by atoms with Crippen molar-refractivity contribution in [1.82, 2.24) is 14.8 Å². The normalized spacial score (nSPS) is 13.2. The summed E-state index contributed by atoms with van der Waals surface area (Å²) >= 11 is 0. The van der Waals surface area contributed by atoms with Gasteiger partial charge in [-0.2, -0.15) is 31.4 Å². The molecule has 0 fully saturated rings. The van der Waals surface area contributed by atoms with Gasteiger partial charge >= 0.3 is 12.4 Å². The van der Waals surface area contributed by atoms with E-state index in [1.165, 1.54) is 19.3 Å². The van der Waals surface area contributed by atoms with Crippen molar-refractivity contribution >= 4 is 11.6 Å². The topological polar surface area (TPSA) is 59.8 Å². The molecule has 0 spiro atoms. The molecule has 0 bridgehead atoms. The van der Waals surface area contributed by atoms with E-state index in [2.05, 4.69) is 15.4 Å². The van der Waals surface area contributed by atoms with Crippen LogP contribution in [0.15, 0.2) is 55.1 Å². The average Bonchev–Trinajstić information content (AvgIpc) is 3.20. The maximum Gasteiger partial charge on any atom is 0.416 e. The Bertz CT molecular complexity index is 1040. The number of carbonyl (C=O) groups excluding carboxylic acids is 1. The number of rotatable bonds is 4. The van der Waals surface area contributed by atoms with E-state index in [4.69, 9.17) is 0 Å². The van der Waals surface area contributed by atoms with E-state index in [9.17, 15) is 31.1 Å². The summed E-state index contributed by atoms with van der Waals surface area (Å²) in [5.41, 5.74) is -1.96. The van der Waals surface area contributed by atoms with Gasteiger partial charge < -0.3 is 5.32 Å². The summed E-state index contributed by atoms with van der Waals surface area (Å²) in [6.45, 7) is 1.35. The van der Waals surface area contributed by atoms with Gasteiger partial charge in [-0.3, -0.25) is 4.79 Å². The largest absolute Gasteiger partial charge is 0.416 e. The molecule has 3 rings (SSSR count). The molecule has 1 atom stereocenters. The fourth-order valence-electron chi connectivity index (χ4n) is 2.72. The molecule has 1 aromatic heterocycles. The van der Waals surface area contributed by atoms with Gasteiger partial charge in [0.15, 0.2) is 0 Å². The summed E-state index contributed by atoms with van der Waals surface area (Å²) < 4.78 is 79.2. The fraction of sp³-hybridized carbons (Fsp3) is 0.211. The van der Waals surface area contributed by atoms with Crippen molar-refractivity contribution in [3.05, 3.63) is 71.8 Å². The van der Waals surface area contributed by atoms with Gasteiger partial charge in [-0.25, -0.2) is 9.67 Å². The maximum atomic E-state index is 13.1. The van der Waals surface area contributed by atoms with Crippen LogP contribution in [0.1, 0.15) is 29.5 Å². The fourth-order valence-corrected chi connectivity index (χ4v) is 2.72. The summed E-state index contributed by atoms with van der Waals surface area (Å²) in [7, 11) is 0. The number of amides is 1. The van der Waals surface area contributed by atoms with E-state index in [0.717, 1.165) is 47.4 Å². The molecule has 3 aromatic rings. The lowest BCUT2D eigenvalue weighted by atomic mass is 9.98. The van der Waals surface area contributed by atoms with Crippen LogP contribution in [0.4, 0.5) is 32.0 Å². The van der Waals surface area contributed by atoms with Crippen molar-refractivity contribution in [3.8, 4) is 5.69 Å². The van der Waals surface area contributed by atoms with Gasteiger partial charge in [0.05, 0.1) is 28.4 Å². The Balaban J connectivity index is 1.94. The minimum absolute atomic E-state index is 0.0663. The van der Waals surface area contributed by atoms with Crippen LogP contribution >= 0.6 is 0 Å². The van der Waals surface area contributed by atoms with Gasteiger partial charge in [-0.1, -0.05) is 18.2 Å². The molecular formula is C19H14F6N4O. The minimum Gasteiger partial charge on any atom is -0.324 e. The second-order valence-electron chi connectivity index (χ2n) is 6.40. The first-order valence-corrected chi connectivity index (χ1v) is 8.51. The molecule has 0 saturated heterocycles. The zero-order valence-electron chi connectivity index (χ0n) is 15.3. The zero-order valence-corrected chi connectivity index (χ0v) is 15.3. The second-order valence-corrected chi connectivity index (χ2v) is 6.40. The Morgan fingerprint density at radius 1 is 1.00 bits per heavy atom. The lowest BCUT2D eigenvalue weighted by Crippen LogP contribution is -2.21. The number of nitrogens with zero attached hydrogens (tertiary/aromatic N) is 3. The van der Waals surface area contributed by atoms with Crippen LogP contribution in [0.5, 0.6) is 0 Å². The molecule has 2 aromatic carbocycles. The molecule has 0 saturated carbocycles. The number of hydrogen-bond acceptors (Lipinski definition) is 3. The first kappa shape index (κ1) is 21.3. The van der Waals surface area contributed by atoms with Crippen molar-refractivity contribution in [1.29, 1.82) is 0 Å². The Morgan fingerprint density at radius 3 is 2.27 bits per heavy atom. The molecule has 0 aliphatic heterocycles. The maximum absolute atomic E-state index is 13.1. The van der Waals surface area contributed by atoms with E-state index in [1.54, 1.807) is 0 Å². The molecule has 158 valence electrons. The van der Waals surface area contributed by atoms with Crippen molar-refractivity contribution in [2.75, 3.05) is 5.32 Å². The van der Waals surface area contributed by atoms with Crippen LogP contribution in [0.3, 0.4) is 0 Å². The first-order chi connectivity index (χ1) is 14.0. The van der Waals surface area contributed by atoms with Gasteiger partial charge in [0.2, 0.25) is 5.91 Å². The van der Waals surface area contributed by atoms with Gasteiger partial charge in [0.1, 0.15) is 12.7 Å². The van der Waals surface area contributed by atoms with Crippen LogP contribution in [0, 0.1) is 0 Å². The highest BCUT2D eigenvalue weighted by atomic mass is 19.4. The summed E-state index contributed by atoms with van der Waals surface area (Å²) in [6, 6.07) is 6.86. The number of aromatic nitrogens is 3. The second kappa shape index (κ2) is 7.81. The number of anilines is 1. The van der Waals surface area contributed by atoms with Gasteiger partial charge in [-0.05, 0) is 36.8 Å². The standard InChI is InChI=1S/C19H14F6N4O/c1-11(12-3-2-4-13(7-12)18(20,21)22)17(30)28-15-8-14(19(23,24)25)5-6-16(15)29-10-26-9-27-29/h2-11H,1H3,(H,28,30). The van der Waals surface area contributed by atoms with Gasteiger partial charge in [-0.15, -0.1) is 0 Å². The summed E-state index contributed by atoms with van der Waals surface area (Å²) in [6.07, 6.45) is -6.86. The van der Waals surface area contributed by atoms with Crippen molar-refractivity contribution < 1.29 is 31.1 Å². The summed E-state index contributed by atoms with van der Waals surface area (Å²) in [5.74, 6) is -1.85. The lowest BCUT2D eigenvalue weighted by molar-refractivity contribution is -0.138. The molecule has 0 aliphatic rings. The lowest BCUT2D eigenvalue weighted by Gasteiger charge is -2.18. The van der Waals surface area contributed by atoms with E-state index in [0.29, 0.717) is 0 Å². The summed E-state index contributed by atoms with van der Waals surface area (Å²) in [5, 5.41) is 6.19. The number of carbonyl (C=O) groups is 1. The van der Waals surface area contributed by atoms with E-state index in [1.807, 2.05) is 0 Å². The minimum atomic E-state index is -4.66. The molecule has 1 unspecified atom stereocenters. The monoisotopic (exact) mass is 428 g/mol. The summed E-state index contributed by atoms with van der Waals surface area (Å²) in [4.78, 5) is 16.4. The van der Waals surface area contributed by atoms with Crippen LogP contribution in [0.25, 0.3) is 5.69 Å². The third kappa shape index (κ3) is 4.61. The van der Waals surface area contributed by atoms with Crippen LogP contribution in [0.2, 0.25) is 0 Å². The number of benzene rings is 2. The molecular weight excluding hydrogens is 414 g/mol. The smallest absolute Gasteiger partial charge is 0.324 e. The zero-order chi connectivity index (χ0) is 22.1. The number of hydrogen-bond donors (Lipinski definition) is 1. The predicted octanol–water partition coefficient (Wildman–Crippen LogP) is 5.05. The Kier molecular flexibility index (Phi) is 5.55. The molecule has 11 heteroatoms. The average molecular weight is 428 g/mol. The van der Waals surface area contributed by atoms with Crippen LogP contribution < -0.4 is 5.32 Å². The highest BCUT2D eigenvalue weighted by Gasteiger charge is 2.33. The van der Waals surface area contributed by atoms with Crippen molar-refractivity contribution in [2.24, 2.45) is 0 Å². The highest BCUT2D eigenvalue weighted by Crippen LogP contribution is 2.34. The van der Waals surface area contributed by atoms with Gasteiger partial charge in [0, 0.05) is 0 Å². The number of nitrogens with one attached hydrogen (secondary N) is 1. The Hall–Kier alpha value is -3.37. The number of halogens is 6. The molecule has 5 nitrogen and oxygen atoms in total. The Morgan fingerprint density at radius 2 is 1.67 bits per heavy atom. The third-order valence-electron chi connectivity index (χ3n) is 4.35. The molecule has 1 N–H and O–H groups in total. The van der Waals surface area contributed by atoms with Crippen LogP contribution in [-0.2, 0) is 17.1 Å². The van der Waals surface area contributed by atoms with E-state index in [-0.39, 0.29) is 16.9 Å². The quantitative estimate of drug-likeness (QED) is 0.592. The van der Waals surface area contributed by atoms with Crippen LogP contribution in [-0.4, -0.2) is 20.7 Å². The molecule has 1 heterocycles. The third-order valence-corrected chi connectivity index (χ3v) is 4.35. The molecule has 0 aliphatic carbocycles. The molecule has 1 amide bonds. The Labute approximate surface area is 166 Å². The van der Waals surface area contributed by atoms with Gasteiger partial charge in [0.25, 0.3) is 0 Å². The van der Waals surface area contributed by atoms with Crippen molar-refractivity contribution in [3.63, 3.8) is 0 Å². The molecule has 0 radical (unpaired) electrons. The number of alkyl halides is 6. The highest BCUT2D eigenvalue weighted by molar-refractivity contribution is 5.97. The van der Waals surface area contributed by atoms with E-state index < -0.39 is 35.3 Å². The SMILES string of the molecule is CC(C(=O)Nc1cc(C(F)(F)F)ccc1-n1cncn1)c1cccc(C(F)(F)F)c1. The predicted molar refractivity (Wildman–Crippen MR) is 94.8 cm³/mol. The molecule has 30 heavy (non-hydrogen) atoms. The first-order valence-electron chi connectivity index (χ1n) is 8.51. The van der Waals surface area contributed by atoms with E-state index >= 15 is 0 Å². The van der Waals surface area contributed by atoms with Crippen molar-refractivity contribution in [2.45, 2.75) is 25.2 Å².